The van der Waals surface area contributed by atoms with Gasteiger partial charge in [-0.2, -0.15) is 0 Å². The van der Waals surface area contributed by atoms with E-state index in [9.17, 15) is 0 Å². The van der Waals surface area contributed by atoms with Crippen molar-refractivity contribution >= 4 is 5.69 Å². The topological polar surface area (TPSA) is 12.0 Å². The molecule has 0 fully saturated rings. The zero-order chi connectivity index (χ0) is 20.4. The minimum absolute atomic E-state index is 0.153. The monoisotopic (exact) mass is 363 g/mol. The molecule has 1 aliphatic heterocycles. The molecule has 27 heavy (non-hydrogen) atoms. The molecule has 1 unspecified atom stereocenters. The van der Waals surface area contributed by atoms with Crippen molar-refractivity contribution in [3.8, 4) is 11.1 Å². The van der Waals surface area contributed by atoms with Crippen LogP contribution in [0.2, 0.25) is 0 Å². The van der Waals surface area contributed by atoms with Gasteiger partial charge in [-0.15, -0.1) is 0 Å². The van der Waals surface area contributed by atoms with Crippen molar-refractivity contribution in [2.45, 2.75) is 94.0 Å². The molecule has 2 aromatic carbocycles. The van der Waals surface area contributed by atoms with Gasteiger partial charge in [0.2, 0.25) is 0 Å². The molecular weight excluding hydrogens is 326 g/mol. The number of anilines is 1. The van der Waals surface area contributed by atoms with Gasteiger partial charge in [0.25, 0.3) is 0 Å². The van der Waals surface area contributed by atoms with E-state index in [0.717, 1.165) is 0 Å². The summed E-state index contributed by atoms with van der Waals surface area (Å²) in [5.41, 5.74) is 17.5. The molecule has 0 spiro atoms. The number of hydrogen-bond donors (Lipinski definition) is 1. The Labute approximate surface area is 166 Å². The lowest BCUT2D eigenvalue weighted by molar-refractivity contribution is 0.452. The molecule has 0 radical (unpaired) electrons. The van der Waals surface area contributed by atoms with E-state index < -0.39 is 0 Å². The second-order valence-electron chi connectivity index (χ2n) is 9.65. The van der Waals surface area contributed by atoms with E-state index in [4.69, 9.17) is 0 Å². The van der Waals surface area contributed by atoms with E-state index in [1.807, 2.05) is 0 Å². The van der Waals surface area contributed by atoms with Gasteiger partial charge < -0.3 is 5.32 Å². The van der Waals surface area contributed by atoms with Gasteiger partial charge in [-0.25, -0.2) is 0 Å². The second kappa shape index (κ2) is 6.40. The normalized spacial score (nSPS) is 18.3. The summed E-state index contributed by atoms with van der Waals surface area (Å²) in [4.78, 5) is 0. The van der Waals surface area contributed by atoms with E-state index in [2.05, 4.69) is 81.5 Å². The smallest absolute Gasteiger partial charge is 0.0415 e. The van der Waals surface area contributed by atoms with Crippen LogP contribution < -0.4 is 5.32 Å². The molecule has 0 bridgehead atoms. The summed E-state index contributed by atoms with van der Waals surface area (Å²) in [6.45, 7) is 25.5. The van der Waals surface area contributed by atoms with Crippen LogP contribution in [-0.4, -0.2) is 5.54 Å². The van der Waals surface area contributed by atoms with E-state index in [-0.39, 0.29) is 5.54 Å². The van der Waals surface area contributed by atoms with Crippen LogP contribution in [0.4, 0.5) is 5.69 Å². The Morgan fingerprint density at radius 2 is 1.04 bits per heavy atom. The van der Waals surface area contributed by atoms with Gasteiger partial charge in [0, 0.05) is 11.2 Å². The Morgan fingerprint density at radius 1 is 0.630 bits per heavy atom. The van der Waals surface area contributed by atoms with Gasteiger partial charge in [0.15, 0.2) is 0 Å². The van der Waals surface area contributed by atoms with Crippen LogP contribution in [0.3, 0.4) is 0 Å². The first-order valence-electron chi connectivity index (χ1n) is 10.4. The highest BCUT2D eigenvalue weighted by molar-refractivity contribution is 5.85. The third kappa shape index (κ3) is 2.91. The van der Waals surface area contributed by atoms with E-state index in [1.165, 1.54) is 73.3 Å². The van der Waals surface area contributed by atoms with Gasteiger partial charge >= 0.3 is 0 Å². The molecule has 0 aliphatic carbocycles. The van der Waals surface area contributed by atoms with Crippen LogP contribution in [0, 0.1) is 55.4 Å². The van der Waals surface area contributed by atoms with Crippen LogP contribution in [0.25, 0.3) is 11.1 Å². The zero-order valence-corrected chi connectivity index (χ0v) is 19.3. The highest BCUT2D eigenvalue weighted by Crippen LogP contribution is 2.48. The van der Waals surface area contributed by atoms with Crippen molar-refractivity contribution in [3.05, 3.63) is 50.1 Å². The van der Waals surface area contributed by atoms with Crippen LogP contribution >= 0.6 is 0 Å². The number of fused-ring (bicyclic) bond motifs is 1. The third-order valence-corrected chi connectivity index (χ3v) is 7.38. The van der Waals surface area contributed by atoms with Crippen LogP contribution in [0.1, 0.15) is 83.2 Å². The Morgan fingerprint density at radius 3 is 1.56 bits per heavy atom. The first-order valence-corrected chi connectivity index (χ1v) is 10.4. The third-order valence-electron chi connectivity index (χ3n) is 7.38. The van der Waals surface area contributed by atoms with E-state index >= 15 is 0 Å². The quantitative estimate of drug-likeness (QED) is 0.552. The van der Waals surface area contributed by atoms with E-state index in [1.54, 1.807) is 0 Å². The summed E-state index contributed by atoms with van der Waals surface area (Å²) in [5.74, 6) is 0.572. The lowest BCUT2D eigenvalue weighted by atomic mass is 9.74. The molecule has 0 amide bonds. The maximum Gasteiger partial charge on any atom is 0.0415 e. The molecule has 1 N–H and O–H groups in total. The van der Waals surface area contributed by atoms with Crippen molar-refractivity contribution in [2.75, 3.05) is 5.32 Å². The van der Waals surface area contributed by atoms with Gasteiger partial charge in [0.1, 0.15) is 0 Å². The molecule has 1 heterocycles. The Kier molecular flexibility index (Phi) is 4.74. The van der Waals surface area contributed by atoms with Crippen molar-refractivity contribution in [1.82, 2.24) is 0 Å². The molecule has 1 heteroatoms. The number of hydrogen-bond acceptors (Lipinski definition) is 1. The number of rotatable bonds is 1. The number of benzene rings is 2. The fourth-order valence-corrected chi connectivity index (χ4v) is 5.46. The Balaban J connectivity index is 2.43. The van der Waals surface area contributed by atoms with Crippen molar-refractivity contribution < 1.29 is 0 Å². The lowest BCUT2D eigenvalue weighted by Gasteiger charge is -2.41. The summed E-state index contributed by atoms with van der Waals surface area (Å²) < 4.78 is 0. The number of nitrogens with one attached hydrogen (secondary N) is 1. The van der Waals surface area contributed by atoms with Gasteiger partial charge in [-0.05, 0) is 143 Å². The fraction of sp³-hybridized carbons (Fsp3) is 0.538. The molecule has 1 aliphatic rings. The summed E-state index contributed by atoms with van der Waals surface area (Å²) >= 11 is 0. The molecule has 3 rings (SSSR count). The van der Waals surface area contributed by atoms with E-state index in [0.29, 0.717) is 5.92 Å². The van der Waals surface area contributed by atoms with Gasteiger partial charge in [0.05, 0.1) is 0 Å². The van der Waals surface area contributed by atoms with Gasteiger partial charge in [-0.1, -0.05) is 6.92 Å². The van der Waals surface area contributed by atoms with Crippen molar-refractivity contribution in [2.24, 2.45) is 0 Å². The largest absolute Gasteiger partial charge is 0.380 e. The fourth-order valence-electron chi connectivity index (χ4n) is 5.46. The SMILES string of the molecule is Cc1c(C)c(C)c(-c2c(C)c(C)c3c(c2C)C(C)CC(C)(C)N3)c(C)c1C. The second-order valence-corrected chi connectivity index (χ2v) is 9.65. The van der Waals surface area contributed by atoms with Crippen LogP contribution in [-0.2, 0) is 0 Å². The van der Waals surface area contributed by atoms with Crippen LogP contribution in [0.5, 0.6) is 0 Å². The predicted molar refractivity (Wildman–Crippen MR) is 121 cm³/mol. The maximum atomic E-state index is 3.86. The molecule has 0 aromatic heterocycles. The summed E-state index contributed by atoms with van der Waals surface area (Å²) in [7, 11) is 0. The first kappa shape index (κ1) is 20.0. The minimum atomic E-state index is 0.153. The standard InChI is InChI=1S/C26H37N/c1-13-12-26(10,11)27-25-20(8)19(7)24(21(9)22(13)25)23-17(5)15(3)14(2)16(4)18(23)6/h13,27H,12H2,1-11H3. The maximum absolute atomic E-state index is 3.86. The molecule has 2 aromatic rings. The summed E-state index contributed by atoms with van der Waals surface area (Å²) in [6.07, 6.45) is 1.17. The zero-order valence-electron chi connectivity index (χ0n) is 19.3. The summed E-state index contributed by atoms with van der Waals surface area (Å²) in [6, 6.07) is 0. The molecule has 1 atom stereocenters. The first-order chi connectivity index (χ1) is 12.4. The van der Waals surface area contributed by atoms with Crippen molar-refractivity contribution in [1.29, 1.82) is 0 Å². The molecule has 146 valence electrons. The average molecular weight is 364 g/mol. The highest BCUT2D eigenvalue weighted by Gasteiger charge is 2.33. The van der Waals surface area contributed by atoms with Crippen LogP contribution in [0.15, 0.2) is 0 Å². The Hall–Kier alpha value is -1.76. The predicted octanol–water partition coefficient (Wildman–Crippen LogP) is 7.52. The molecule has 0 saturated carbocycles. The molecule has 0 saturated heterocycles. The highest BCUT2D eigenvalue weighted by atomic mass is 15.0. The molecular formula is C26H37N. The molecule has 1 nitrogen and oxygen atoms in total. The average Bonchev–Trinajstić information content (AvgIpc) is 2.57. The minimum Gasteiger partial charge on any atom is -0.380 e. The van der Waals surface area contributed by atoms with Gasteiger partial charge in [-0.3, -0.25) is 0 Å². The summed E-state index contributed by atoms with van der Waals surface area (Å²) in [5, 5.41) is 3.86. The Bertz CT molecular complexity index is 915. The lowest BCUT2D eigenvalue weighted by Crippen LogP contribution is -2.37. The van der Waals surface area contributed by atoms with Crippen molar-refractivity contribution in [3.63, 3.8) is 0 Å².